The maximum absolute atomic E-state index is 12.6. The van der Waals surface area contributed by atoms with Gasteiger partial charge in [0.05, 0.1) is 39.1 Å². The number of aromatic nitrogens is 8. The number of carboxylic acid groups (broad SMARTS) is 1. The second-order valence-corrected chi connectivity index (χ2v) is 32.9. The van der Waals surface area contributed by atoms with Crippen LogP contribution in [0.4, 0.5) is 11.6 Å². The number of nitrogens with zero attached hydrogens (tertiary/aromatic N) is 8. The number of anilines is 2. The molecule has 103 heavy (non-hydrogen) atoms. The number of amides is 4. The Kier molecular flexibility index (Phi) is 33.9. The van der Waals surface area contributed by atoms with Crippen LogP contribution in [0.2, 0.25) is 0 Å². The molecular weight excluding hydrogens is 1560 g/mol. The molecule has 2 aliphatic heterocycles. The van der Waals surface area contributed by atoms with Crippen LogP contribution in [0.3, 0.4) is 0 Å². The number of nitrogens with two attached hydrogens (primary N) is 2. The van der Waals surface area contributed by atoms with Gasteiger partial charge in [-0.05, 0) is 0 Å². The number of phosphoric ester groups is 6. The average Bonchev–Trinajstić information content (AvgIpc) is 1.62. The molecule has 0 saturated carbocycles. The van der Waals surface area contributed by atoms with E-state index in [-0.39, 0.29) is 77.5 Å². The van der Waals surface area contributed by atoms with Crippen molar-refractivity contribution < 1.29 is 166 Å². The molecule has 6 rings (SSSR count). The second kappa shape index (κ2) is 38.6. The molecule has 2 fully saturated rings. The van der Waals surface area contributed by atoms with E-state index < -0.39 is 169 Å². The number of hydrogen-bond acceptors (Lipinski definition) is 36. The van der Waals surface area contributed by atoms with Crippen LogP contribution in [0.1, 0.15) is 66.8 Å². The Balaban J connectivity index is 0.000000415. The number of nitrogen functional groups attached to an aromatic ring is 2. The minimum absolute atomic E-state index is 0.0310. The summed E-state index contributed by atoms with van der Waals surface area (Å²) >= 11 is 4.97. The molecule has 0 aliphatic carbocycles. The van der Waals surface area contributed by atoms with Crippen LogP contribution in [0.15, 0.2) is 25.3 Å². The van der Waals surface area contributed by atoms with Gasteiger partial charge in [0.25, 0.3) is 5.97 Å². The molecule has 4 aromatic heterocycles. The highest BCUT2D eigenvalue weighted by Gasteiger charge is 2.52. The summed E-state index contributed by atoms with van der Waals surface area (Å²) in [7, 11) is -32.7. The molecule has 4 unspecified atom stereocenters. The van der Waals surface area contributed by atoms with E-state index in [4.69, 9.17) is 48.9 Å². The summed E-state index contributed by atoms with van der Waals surface area (Å²) in [4.78, 5) is 170. The Hall–Kier alpha value is -5.08. The van der Waals surface area contributed by atoms with Crippen LogP contribution < -0.4 is 32.7 Å². The van der Waals surface area contributed by atoms with E-state index in [2.05, 4.69) is 81.5 Å². The Bertz CT molecular complexity index is 3890. The minimum atomic E-state index is -5.56. The normalized spacial score (nSPS) is 22.3. The van der Waals surface area contributed by atoms with Gasteiger partial charge in [0, 0.05) is 75.2 Å². The van der Waals surface area contributed by atoms with Gasteiger partial charge in [0.2, 0.25) is 23.6 Å². The van der Waals surface area contributed by atoms with E-state index in [1.54, 1.807) is 0 Å². The van der Waals surface area contributed by atoms with Crippen molar-refractivity contribution in [1.82, 2.24) is 60.3 Å². The molecule has 6 heterocycles. The van der Waals surface area contributed by atoms with E-state index in [1.165, 1.54) is 34.6 Å². The third kappa shape index (κ3) is 29.5. The molecule has 2 saturated heterocycles. The van der Waals surface area contributed by atoms with E-state index in [9.17, 15) is 111 Å². The lowest BCUT2D eigenvalue weighted by Gasteiger charge is -2.30. The van der Waals surface area contributed by atoms with Gasteiger partial charge in [-0.15, -0.1) is 0 Å². The number of rotatable bonds is 37. The predicted molar refractivity (Wildman–Crippen MR) is 350 cm³/mol. The molecule has 21 N–H and O–H groups in total. The van der Waals surface area contributed by atoms with Crippen LogP contribution in [-0.4, -0.2) is 251 Å². The van der Waals surface area contributed by atoms with Gasteiger partial charge in [0.15, 0.2) is 40.5 Å². The summed E-state index contributed by atoms with van der Waals surface area (Å²) in [6.07, 6.45) is -13.6. The smallest absolute Gasteiger partial charge is 0.481 e. The standard InChI is InChI=1S/C23H38N7O17P3S.C21H36N7O16P3S.C2H4O2/c1-12(31)51-7-6-25-14(32)4-5-26-21(35)18(34)23(2,3)9-44-50(41,42)47-49(39,40)43-8-13-17(46-48(36,37)38)16(33)22(45-13)30-11-29-15-19(24)27-10-28-20(15)30;1-21(2,16(31)19(32)24-4-3-12(29)23-5-6-48)8-41-47(38,39)44-46(36,37)40-7-11-15(43-45(33,34)35)14(30)20(42-11)28-10-27-13-17(22)25-9-26-18(13)28;1-2(3)4/h10-11,13,16-18,22,33-34H,4-9H2,1-3H3,(H,25,32)(H,26,35)(H,39,40)(H,41,42)(H2,24,27,28)(H2,36,37,38);9-11,14-16,20,30-31,48H,3-8H2,1-2H3,(H,23,29)(H,24,32)(H,36,37)(H,38,39)(H2,22,25,26)(H2,33,34,35);1H3,(H,3,4)/t13-,16-,17-,18+,22-;11-,14-,15-,16+,20-;/m11./s1. The predicted octanol–water partition coefficient (Wildman–Crippen LogP) is -2.89. The van der Waals surface area contributed by atoms with E-state index in [1.807, 2.05) is 0 Å². The highest BCUT2D eigenvalue weighted by Crippen LogP contribution is 2.63. The molecule has 2 aliphatic rings. The average molecular weight is 1640 g/mol. The number of hydrogen-bond donors (Lipinski definition) is 20. The van der Waals surface area contributed by atoms with Gasteiger partial charge < -0.3 is 107 Å². The maximum Gasteiger partial charge on any atom is 0.481 e. The number of fused-ring (bicyclic) bond motifs is 2. The number of carbonyl (C=O) groups is 6. The summed E-state index contributed by atoms with van der Waals surface area (Å²) in [6.45, 7) is 3.71. The monoisotopic (exact) mass is 1640 g/mol. The first kappa shape index (κ1) is 90.3. The van der Waals surface area contributed by atoms with Crippen LogP contribution in [0, 0.1) is 10.8 Å². The van der Waals surface area contributed by atoms with Crippen LogP contribution in [0.5, 0.6) is 0 Å². The first-order valence-corrected chi connectivity index (χ1v) is 39.8. The topological polar surface area (TPSA) is 747 Å². The molecule has 0 radical (unpaired) electrons. The Morgan fingerprint density at radius 2 is 0.932 bits per heavy atom. The van der Waals surface area contributed by atoms with Crippen molar-refractivity contribution in [3.05, 3.63) is 25.3 Å². The summed E-state index contributed by atoms with van der Waals surface area (Å²) in [5.41, 5.74) is 8.56. The molecule has 4 amide bonds. The molecule has 49 nitrogen and oxygen atoms in total. The maximum atomic E-state index is 12.6. The van der Waals surface area contributed by atoms with Crippen molar-refractivity contribution in [2.75, 3.05) is 75.6 Å². The Morgan fingerprint density at radius 3 is 1.27 bits per heavy atom. The van der Waals surface area contributed by atoms with Gasteiger partial charge in [-0.1, -0.05) is 39.5 Å². The SMILES string of the molecule is CC(=O)O.CC(=O)SCCNC(=O)CCNC(=O)[C@H](O)C(C)(C)COP(=O)(O)OP(=O)(O)OC[C@H]1O[C@@H](n2cnc3c(N)ncnc32)[C@H](O)[C@@H]1OP(=O)(O)O.CC(C)(COP(=O)(O)OP(=O)(O)OC[C@H]1O[C@@H](n2cnc3c(N)ncnc32)[C@H](O)[C@@H]1OP(=O)(O)O)[C@@H](O)C(=O)NCCC(=O)NCCS. The van der Waals surface area contributed by atoms with Gasteiger partial charge in [0.1, 0.15) is 72.5 Å². The highest BCUT2D eigenvalue weighted by molar-refractivity contribution is 8.13. The van der Waals surface area contributed by atoms with Gasteiger partial charge >= 0.3 is 46.9 Å². The number of ether oxygens (including phenoxy) is 2. The van der Waals surface area contributed by atoms with E-state index in [0.29, 0.717) is 18.1 Å². The lowest BCUT2D eigenvalue weighted by molar-refractivity contribution is -0.137. The number of thiol groups is 1. The van der Waals surface area contributed by atoms with Gasteiger partial charge in [-0.25, -0.2) is 57.3 Å². The van der Waals surface area contributed by atoms with Crippen molar-refractivity contribution in [3.8, 4) is 0 Å². The number of carboxylic acids is 1. The van der Waals surface area contributed by atoms with Crippen LogP contribution in [-0.2, 0) is 101 Å². The summed E-state index contributed by atoms with van der Waals surface area (Å²) in [5, 5.41) is 59.6. The summed E-state index contributed by atoms with van der Waals surface area (Å²) < 4.78 is 124. The fourth-order valence-corrected chi connectivity index (χ4v) is 14.7. The van der Waals surface area contributed by atoms with Crippen LogP contribution in [0.25, 0.3) is 22.3 Å². The molecule has 14 atom stereocenters. The zero-order chi connectivity index (χ0) is 78.0. The number of carbonyl (C=O) groups excluding carboxylic acids is 5. The number of nitrogens with one attached hydrogen (secondary N) is 4. The van der Waals surface area contributed by atoms with Crippen molar-refractivity contribution >= 4 is 140 Å². The quantitative estimate of drug-likeness (QED) is 0.0122. The fraction of sp³-hybridized carbons (Fsp3) is 0.652. The van der Waals surface area contributed by atoms with Crippen LogP contribution >= 0.6 is 71.3 Å². The highest BCUT2D eigenvalue weighted by atomic mass is 32.2. The van der Waals surface area contributed by atoms with E-state index >= 15 is 0 Å². The Morgan fingerprint density at radius 1 is 0.583 bits per heavy atom. The summed E-state index contributed by atoms with van der Waals surface area (Å²) in [5.74, 6) is -2.86. The minimum Gasteiger partial charge on any atom is -0.481 e. The lowest BCUT2D eigenvalue weighted by atomic mass is 9.87. The third-order valence-corrected chi connectivity index (χ3v) is 20.6. The lowest BCUT2D eigenvalue weighted by Crippen LogP contribution is -2.46. The van der Waals surface area contributed by atoms with Crippen molar-refractivity contribution in [3.63, 3.8) is 0 Å². The number of aliphatic carboxylic acids is 1. The Labute approximate surface area is 591 Å². The zero-order valence-electron chi connectivity index (χ0n) is 54.6. The fourth-order valence-electron chi connectivity index (χ4n) is 8.46. The summed E-state index contributed by atoms with van der Waals surface area (Å²) in [6, 6.07) is 0. The molecule has 4 aromatic rings. The number of phosphoric acid groups is 6. The van der Waals surface area contributed by atoms with Crippen molar-refractivity contribution in [2.45, 2.75) is 116 Å². The zero-order valence-corrected chi connectivity index (χ0v) is 61.7. The molecule has 0 spiro atoms. The van der Waals surface area contributed by atoms with Gasteiger partial charge in [-0.2, -0.15) is 21.3 Å². The third-order valence-electron chi connectivity index (χ3n) is 13.3. The number of imidazole rings is 2. The van der Waals surface area contributed by atoms with Crippen molar-refractivity contribution in [2.24, 2.45) is 10.8 Å². The molecule has 0 bridgehead atoms. The molecular formula is C46H78N14O35P6S2. The number of aliphatic hydroxyl groups excluding tert-OH is 4. The molecule has 0 aromatic carbocycles. The first-order valence-electron chi connectivity index (χ1n) is 29.1. The second-order valence-electron chi connectivity index (χ2n) is 22.7. The molecule has 57 heteroatoms. The largest absolute Gasteiger partial charge is 0.481 e. The molecule has 584 valence electrons. The van der Waals surface area contributed by atoms with Gasteiger partial charge in [-0.3, -0.25) is 65.0 Å². The first-order chi connectivity index (χ1) is 47.4. The van der Waals surface area contributed by atoms with Crippen molar-refractivity contribution in [1.29, 1.82) is 0 Å². The van der Waals surface area contributed by atoms with E-state index in [0.717, 1.165) is 53.1 Å². The number of aliphatic hydroxyl groups is 4. The number of thioether (sulfide) groups is 1.